The summed E-state index contributed by atoms with van der Waals surface area (Å²) in [7, 11) is 1.46. The number of hydrogen-bond acceptors (Lipinski definition) is 4. The number of rotatable bonds is 1. The van der Waals surface area contributed by atoms with Crippen molar-refractivity contribution in [2.24, 2.45) is 40.4 Å². The topological polar surface area (TPSA) is 63.6 Å². The van der Waals surface area contributed by atoms with Crippen molar-refractivity contribution >= 4 is 11.8 Å². The lowest BCUT2D eigenvalue weighted by Gasteiger charge is -2.61. The number of carbonyl (C=O) groups excluding carboxylic acids is 2. The van der Waals surface area contributed by atoms with Gasteiger partial charge in [-0.05, 0) is 67.6 Å². The molecule has 0 saturated heterocycles. The maximum absolute atomic E-state index is 12.3. The third-order valence-corrected chi connectivity index (χ3v) is 9.08. The zero-order valence-electron chi connectivity index (χ0n) is 15.8. The highest BCUT2D eigenvalue weighted by Crippen LogP contribution is 2.67. The molecular formula is C21H32O4. The van der Waals surface area contributed by atoms with Crippen molar-refractivity contribution < 1.29 is 19.4 Å². The molecular weight excluding hydrogens is 316 g/mol. The highest BCUT2D eigenvalue weighted by atomic mass is 16.5. The quantitative estimate of drug-likeness (QED) is 0.738. The molecule has 0 spiro atoms. The summed E-state index contributed by atoms with van der Waals surface area (Å²) >= 11 is 0. The molecule has 0 bridgehead atoms. The van der Waals surface area contributed by atoms with Crippen LogP contribution in [0.15, 0.2) is 0 Å². The SMILES string of the molecule is COC(=O)[C@H]1CC[C@H]2[C@@H]3CC[C@@H]4CC(=O)CC[C@]4(C)[C@H]3C[C@H](O)[C@]12C. The molecule has 4 saturated carbocycles. The Bertz CT molecular complexity index is 586. The summed E-state index contributed by atoms with van der Waals surface area (Å²) in [5.74, 6) is 2.07. The molecule has 1 N–H and O–H groups in total. The number of methoxy groups -OCH3 is 1. The number of Topliss-reactive ketones (excluding diaryl/α,β-unsaturated/α-hetero) is 1. The van der Waals surface area contributed by atoms with Gasteiger partial charge < -0.3 is 9.84 Å². The number of carbonyl (C=O) groups is 2. The van der Waals surface area contributed by atoms with Crippen LogP contribution in [0.5, 0.6) is 0 Å². The van der Waals surface area contributed by atoms with Gasteiger partial charge in [-0.25, -0.2) is 0 Å². The Kier molecular flexibility index (Phi) is 4.06. The minimum absolute atomic E-state index is 0.148. The summed E-state index contributed by atoms with van der Waals surface area (Å²) in [6.45, 7) is 4.51. The van der Waals surface area contributed by atoms with Gasteiger partial charge in [0.2, 0.25) is 0 Å². The highest BCUT2D eigenvalue weighted by Gasteiger charge is 2.64. The maximum Gasteiger partial charge on any atom is 0.309 e. The molecule has 0 aromatic heterocycles. The molecule has 4 aliphatic rings. The highest BCUT2D eigenvalue weighted by molar-refractivity contribution is 5.79. The predicted molar refractivity (Wildman–Crippen MR) is 93.6 cm³/mol. The average molecular weight is 348 g/mol. The summed E-state index contributed by atoms with van der Waals surface area (Å²) in [4.78, 5) is 24.3. The zero-order chi connectivity index (χ0) is 18.0. The first-order valence-corrected chi connectivity index (χ1v) is 10.1. The molecule has 0 aliphatic heterocycles. The Balaban J connectivity index is 1.66. The van der Waals surface area contributed by atoms with Crippen LogP contribution in [0.3, 0.4) is 0 Å². The van der Waals surface area contributed by atoms with E-state index in [1.165, 1.54) is 7.11 Å². The fourth-order valence-electron chi connectivity index (χ4n) is 7.54. The van der Waals surface area contributed by atoms with Gasteiger partial charge >= 0.3 is 5.97 Å². The van der Waals surface area contributed by atoms with E-state index in [1.54, 1.807) is 0 Å². The average Bonchev–Trinajstić information content (AvgIpc) is 2.95. The number of fused-ring (bicyclic) bond motifs is 5. The Hall–Kier alpha value is -0.900. The molecule has 4 heteroatoms. The zero-order valence-corrected chi connectivity index (χ0v) is 15.8. The summed E-state index contributed by atoms with van der Waals surface area (Å²) in [5.41, 5.74) is -0.162. The molecule has 25 heavy (non-hydrogen) atoms. The smallest absolute Gasteiger partial charge is 0.309 e. The molecule has 0 amide bonds. The summed E-state index contributed by atoms with van der Waals surface area (Å²) in [6, 6.07) is 0. The Labute approximate surface area is 150 Å². The number of aliphatic hydroxyl groups is 1. The van der Waals surface area contributed by atoms with E-state index >= 15 is 0 Å². The van der Waals surface area contributed by atoms with Crippen molar-refractivity contribution in [2.75, 3.05) is 7.11 Å². The third kappa shape index (κ3) is 2.28. The summed E-state index contributed by atoms with van der Waals surface area (Å²) in [6.07, 6.45) is 6.91. The van der Waals surface area contributed by atoms with Crippen LogP contribution >= 0.6 is 0 Å². The Morgan fingerprint density at radius 1 is 1.16 bits per heavy atom. The molecule has 4 fully saturated rings. The second kappa shape index (κ2) is 5.80. The first-order valence-electron chi connectivity index (χ1n) is 10.1. The van der Waals surface area contributed by atoms with Crippen LogP contribution < -0.4 is 0 Å². The first-order chi connectivity index (χ1) is 11.8. The van der Waals surface area contributed by atoms with Crippen molar-refractivity contribution in [3.8, 4) is 0 Å². The molecule has 0 aromatic rings. The van der Waals surface area contributed by atoms with Gasteiger partial charge in [0.25, 0.3) is 0 Å². The fraction of sp³-hybridized carbons (Fsp3) is 0.905. The minimum Gasteiger partial charge on any atom is -0.469 e. The molecule has 0 unspecified atom stereocenters. The van der Waals surface area contributed by atoms with E-state index in [0.29, 0.717) is 35.9 Å². The summed E-state index contributed by atoms with van der Waals surface area (Å²) in [5, 5.41) is 11.2. The van der Waals surface area contributed by atoms with Gasteiger partial charge in [-0.1, -0.05) is 13.8 Å². The van der Waals surface area contributed by atoms with E-state index in [4.69, 9.17) is 4.74 Å². The molecule has 4 rings (SSSR count). The second-order valence-corrected chi connectivity index (χ2v) is 9.67. The van der Waals surface area contributed by atoms with Gasteiger partial charge in [0, 0.05) is 18.3 Å². The van der Waals surface area contributed by atoms with E-state index in [9.17, 15) is 14.7 Å². The van der Waals surface area contributed by atoms with E-state index in [-0.39, 0.29) is 22.7 Å². The van der Waals surface area contributed by atoms with Crippen molar-refractivity contribution in [3.05, 3.63) is 0 Å². The minimum atomic E-state index is -0.446. The Morgan fingerprint density at radius 3 is 2.64 bits per heavy atom. The molecule has 0 radical (unpaired) electrons. The lowest BCUT2D eigenvalue weighted by Crippen LogP contribution is -2.58. The van der Waals surface area contributed by atoms with Gasteiger partial charge in [0.05, 0.1) is 19.1 Å². The van der Waals surface area contributed by atoms with Crippen molar-refractivity contribution in [1.82, 2.24) is 0 Å². The monoisotopic (exact) mass is 348 g/mol. The molecule has 4 aliphatic carbocycles. The van der Waals surface area contributed by atoms with E-state index in [0.717, 1.165) is 44.9 Å². The van der Waals surface area contributed by atoms with E-state index in [1.807, 2.05) is 0 Å². The number of aliphatic hydroxyl groups excluding tert-OH is 1. The molecule has 8 atom stereocenters. The lowest BCUT2D eigenvalue weighted by molar-refractivity contribution is -0.179. The predicted octanol–water partition coefficient (Wildman–Crippen LogP) is 3.36. The van der Waals surface area contributed by atoms with Gasteiger partial charge in [0.15, 0.2) is 0 Å². The normalized spacial score (nSPS) is 52.1. The van der Waals surface area contributed by atoms with Crippen LogP contribution in [-0.2, 0) is 14.3 Å². The van der Waals surface area contributed by atoms with Crippen LogP contribution in [0.4, 0.5) is 0 Å². The maximum atomic E-state index is 12.3. The lowest BCUT2D eigenvalue weighted by atomic mass is 9.44. The molecule has 0 aromatic carbocycles. The first kappa shape index (κ1) is 17.5. The molecule has 140 valence electrons. The van der Waals surface area contributed by atoms with Crippen LogP contribution in [-0.4, -0.2) is 30.1 Å². The van der Waals surface area contributed by atoms with Gasteiger partial charge in [0.1, 0.15) is 5.78 Å². The van der Waals surface area contributed by atoms with Gasteiger partial charge in [-0.2, -0.15) is 0 Å². The van der Waals surface area contributed by atoms with Crippen molar-refractivity contribution in [1.29, 1.82) is 0 Å². The van der Waals surface area contributed by atoms with Crippen LogP contribution in [0.25, 0.3) is 0 Å². The van der Waals surface area contributed by atoms with Gasteiger partial charge in [-0.3, -0.25) is 9.59 Å². The molecule has 4 nitrogen and oxygen atoms in total. The number of ketones is 1. The Morgan fingerprint density at radius 2 is 1.92 bits per heavy atom. The van der Waals surface area contributed by atoms with Gasteiger partial charge in [-0.15, -0.1) is 0 Å². The number of ether oxygens (including phenoxy) is 1. The van der Waals surface area contributed by atoms with Crippen molar-refractivity contribution in [2.45, 2.75) is 71.3 Å². The standard InChI is InChI=1S/C21H32O4/c1-20-9-8-13(22)10-12(20)4-5-14-15-6-7-16(19(24)25-3)21(15,2)18(23)11-17(14)20/h12,14-18,23H,4-11H2,1-3H3/t12-,14+,15+,16-,17+,18+,20+,21+/m1/s1. The van der Waals surface area contributed by atoms with Crippen LogP contribution in [0.1, 0.15) is 65.2 Å². The molecule has 0 heterocycles. The summed E-state index contributed by atoms with van der Waals surface area (Å²) < 4.78 is 5.06. The third-order valence-electron chi connectivity index (χ3n) is 9.08. The second-order valence-electron chi connectivity index (χ2n) is 9.67. The van der Waals surface area contributed by atoms with Crippen molar-refractivity contribution in [3.63, 3.8) is 0 Å². The van der Waals surface area contributed by atoms with E-state index in [2.05, 4.69) is 13.8 Å². The van der Waals surface area contributed by atoms with E-state index < -0.39 is 6.10 Å². The fourth-order valence-corrected chi connectivity index (χ4v) is 7.54. The van der Waals surface area contributed by atoms with Crippen LogP contribution in [0, 0.1) is 40.4 Å². The number of esters is 1. The number of hydrogen-bond donors (Lipinski definition) is 1. The van der Waals surface area contributed by atoms with Crippen LogP contribution in [0.2, 0.25) is 0 Å². The largest absolute Gasteiger partial charge is 0.469 e.